The van der Waals surface area contributed by atoms with Gasteiger partial charge in [0.05, 0.1) is 17.2 Å². The van der Waals surface area contributed by atoms with Crippen LogP contribution in [-0.4, -0.2) is 25.5 Å². The molecule has 1 aliphatic rings. The molecule has 0 bridgehead atoms. The lowest BCUT2D eigenvalue weighted by molar-refractivity contribution is -0.125. The first-order valence-corrected chi connectivity index (χ1v) is 7.75. The summed E-state index contributed by atoms with van der Waals surface area (Å²) < 4.78 is 0. The molecule has 1 N–H and O–H groups in total. The number of benzene rings is 1. The molecule has 4 nitrogen and oxygen atoms in total. The number of carbonyl (C=O) groups excluding carboxylic acids is 1. The van der Waals surface area contributed by atoms with E-state index in [-0.39, 0.29) is 11.8 Å². The second-order valence-corrected chi connectivity index (χ2v) is 5.79. The highest BCUT2D eigenvalue weighted by Gasteiger charge is 2.26. The van der Waals surface area contributed by atoms with E-state index in [9.17, 15) is 10.1 Å². The van der Waals surface area contributed by atoms with E-state index in [2.05, 4.69) is 16.3 Å². The first-order chi connectivity index (χ1) is 10.2. The molecule has 1 aromatic rings. The number of carbonyl (C=O) groups is 1. The first-order valence-electron chi connectivity index (χ1n) is 7.38. The Bertz CT molecular complexity index is 553. The summed E-state index contributed by atoms with van der Waals surface area (Å²) >= 11 is 5.94. The summed E-state index contributed by atoms with van der Waals surface area (Å²) in [6.07, 6.45) is 2.80. The fourth-order valence-corrected chi connectivity index (χ4v) is 2.85. The molecule has 0 spiro atoms. The number of rotatable bonds is 4. The van der Waals surface area contributed by atoms with E-state index in [0.29, 0.717) is 17.1 Å². The van der Waals surface area contributed by atoms with Crippen LogP contribution in [0.1, 0.15) is 31.7 Å². The van der Waals surface area contributed by atoms with Gasteiger partial charge < -0.3 is 10.2 Å². The van der Waals surface area contributed by atoms with Crippen molar-refractivity contribution in [1.82, 2.24) is 5.32 Å². The van der Waals surface area contributed by atoms with Crippen molar-refractivity contribution in [3.05, 3.63) is 28.8 Å². The maximum Gasteiger partial charge on any atom is 0.224 e. The number of halogens is 1. The minimum Gasteiger partial charge on any atom is -0.370 e. The van der Waals surface area contributed by atoms with Crippen LogP contribution in [0.5, 0.6) is 0 Å². The molecular formula is C16H20ClN3O. The Hall–Kier alpha value is -1.73. The quantitative estimate of drug-likeness (QED) is 0.930. The van der Waals surface area contributed by atoms with E-state index >= 15 is 0 Å². The molecule has 21 heavy (non-hydrogen) atoms. The van der Waals surface area contributed by atoms with Gasteiger partial charge in [0.1, 0.15) is 6.07 Å². The Kier molecular flexibility index (Phi) is 5.46. The van der Waals surface area contributed by atoms with E-state index in [1.165, 1.54) is 0 Å². The highest BCUT2D eigenvalue weighted by Crippen LogP contribution is 2.28. The molecule has 0 aliphatic carbocycles. The molecule has 1 atom stereocenters. The highest BCUT2D eigenvalue weighted by molar-refractivity contribution is 6.30. The van der Waals surface area contributed by atoms with Gasteiger partial charge in [-0.05, 0) is 37.5 Å². The third-order valence-electron chi connectivity index (χ3n) is 3.76. The Morgan fingerprint density at radius 1 is 1.57 bits per heavy atom. The van der Waals surface area contributed by atoms with E-state index in [4.69, 9.17) is 11.6 Å². The predicted molar refractivity (Wildman–Crippen MR) is 84.4 cm³/mol. The van der Waals surface area contributed by atoms with Gasteiger partial charge in [-0.2, -0.15) is 5.26 Å². The predicted octanol–water partition coefficient (Wildman–Crippen LogP) is 2.95. The van der Waals surface area contributed by atoms with Crippen LogP contribution in [0.25, 0.3) is 0 Å². The number of anilines is 1. The normalized spacial score (nSPS) is 18.1. The molecule has 0 aromatic heterocycles. The summed E-state index contributed by atoms with van der Waals surface area (Å²) in [5.74, 6) is 0.113. The van der Waals surface area contributed by atoms with Gasteiger partial charge >= 0.3 is 0 Å². The van der Waals surface area contributed by atoms with Gasteiger partial charge in [0.15, 0.2) is 0 Å². The molecule has 0 radical (unpaired) electrons. The molecule has 112 valence electrons. The third kappa shape index (κ3) is 3.89. The van der Waals surface area contributed by atoms with Crippen molar-refractivity contribution in [1.29, 1.82) is 5.26 Å². The van der Waals surface area contributed by atoms with Crippen molar-refractivity contribution in [2.75, 3.05) is 24.5 Å². The Balaban J connectivity index is 2.11. The molecule has 2 rings (SSSR count). The van der Waals surface area contributed by atoms with Crippen molar-refractivity contribution in [2.45, 2.75) is 26.2 Å². The van der Waals surface area contributed by atoms with Gasteiger partial charge in [-0.3, -0.25) is 4.79 Å². The molecule has 1 aliphatic heterocycles. The molecule has 1 unspecified atom stereocenters. The zero-order valence-corrected chi connectivity index (χ0v) is 13.0. The van der Waals surface area contributed by atoms with Crippen molar-refractivity contribution in [3.63, 3.8) is 0 Å². The van der Waals surface area contributed by atoms with Crippen LogP contribution in [0.15, 0.2) is 18.2 Å². The SMILES string of the molecule is CCCNC(=O)C1CCCN(c2ccc(Cl)cc2C#N)C1. The lowest BCUT2D eigenvalue weighted by Gasteiger charge is -2.34. The third-order valence-corrected chi connectivity index (χ3v) is 4.00. The average Bonchev–Trinajstić information content (AvgIpc) is 2.52. The van der Waals surface area contributed by atoms with Crippen LogP contribution < -0.4 is 10.2 Å². The van der Waals surface area contributed by atoms with Crippen LogP contribution in [0.3, 0.4) is 0 Å². The monoisotopic (exact) mass is 305 g/mol. The van der Waals surface area contributed by atoms with Gasteiger partial charge in [-0.25, -0.2) is 0 Å². The van der Waals surface area contributed by atoms with Crippen LogP contribution in [0.4, 0.5) is 5.69 Å². The van der Waals surface area contributed by atoms with Crippen LogP contribution in [0, 0.1) is 17.2 Å². The summed E-state index contributed by atoms with van der Waals surface area (Å²) in [6, 6.07) is 7.52. The molecule has 0 saturated carbocycles. The number of nitrogens with one attached hydrogen (secondary N) is 1. The zero-order chi connectivity index (χ0) is 15.2. The molecule has 1 aromatic carbocycles. The summed E-state index contributed by atoms with van der Waals surface area (Å²) in [7, 11) is 0. The minimum atomic E-state index is -0.00693. The summed E-state index contributed by atoms with van der Waals surface area (Å²) in [4.78, 5) is 14.2. The van der Waals surface area contributed by atoms with Crippen LogP contribution in [0.2, 0.25) is 5.02 Å². The maximum absolute atomic E-state index is 12.1. The molecule has 5 heteroatoms. The fraction of sp³-hybridized carbons (Fsp3) is 0.500. The number of hydrogen-bond acceptors (Lipinski definition) is 3. The lowest BCUT2D eigenvalue weighted by atomic mass is 9.96. The second-order valence-electron chi connectivity index (χ2n) is 5.35. The lowest BCUT2D eigenvalue weighted by Crippen LogP contribution is -2.43. The first kappa shape index (κ1) is 15.7. The number of piperidine rings is 1. The standard InChI is InChI=1S/C16H20ClN3O/c1-2-7-19-16(21)12-4-3-8-20(11-12)15-6-5-14(17)9-13(15)10-18/h5-6,9,12H,2-4,7-8,11H2,1H3,(H,19,21). The summed E-state index contributed by atoms with van der Waals surface area (Å²) in [5, 5.41) is 12.8. The summed E-state index contributed by atoms with van der Waals surface area (Å²) in [5.41, 5.74) is 1.44. The van der Waals surface area contributed by atoms with Gasteiger partial charge in [0.25, 0.3) is 0 Å². The van der Waals surface area contributed by atoms with Gasteiger partial charge in [0.2, 0.25) is 5.91 Å². The second kappa shape index (κ2) is 7.33. The van der Waals surface area contributed by atoms with E-state index in [1.54, 1.807) is 12.1 Å². The average molecular weight is 306 g/mol. The van der Waals surface area contributed by atoms with Crippen molar-refractivity contribution < 1.29 is 4.79 Å². The fourth-order valence-electron chi connectivity index (χ4n) is 2.68. The van der Waals surface area contributed by atoms with Gasteiger partial charge in [-0.15, -0.1) is 0 Å². The highest BCUT2D eigenvalue weighted by atomic mass is 35.5. The Morgan fingerprint density at radius 2 is 2.38 bits per heavy atom. The molecule has 1 amide bonds. The molecule has 1 heterocycles. The molecule has 1 fully saturated rings. The number of nitrogens with zero attached hydrogens (tertiary/aromatic N) is 2. The van der Waals surface area contributed by atoms with Crippen LogP contribution in [-0.2, 0) is 4.79 Å². The van der Waals surface area contributed by atoms with Crippen molar-refractivity contribution >= 4 is 23.2 Å². The molecular weight excluding hydrogens is 286 g/mol. The maximum atomic E-state index is 12.1. The van der Waals surface area contributed by atoms with E-state index in [1.807, 2.05) is 13.0 Å². The minimum absolute atomic E-state index is 0.00693. The van der Waals surface area contributed by atoms with Crippen molar-refractivity contribution in [3.8, 4) is 6.07 Å². The number of nitriles is 1. The molecule has 1 saturated heterocycles. The van der Waals surface area contributed by atoms with Crippen LogP contribution >= 0.6 is 11.6 Å². The number of amides is 1. The van der Waals surface area contributed by atoms with Gasteiger partial charge in [0, 0.05) is 24.7 Å². The Labute approximate surface area is 130 Å². The largest absolute Gasteiger partial charge is 0.370 e. The summed E-state index contributed by atoms with van der Waals surface area (Å²) in [6.45, 7) is 4.29. The smallest absolute Gasteiger partial charge is 0.224 e. The Morgan fingerprint density at radius 3 is 3.10 bits per heavy atom. The number of hydrogen-bond donors (Lipinski definition) is 1. The van der Waals surface area contributed by atoms with E-state index in [0.717, 1.165) is 38.0 Å². The zero-order valence-electron chi connectivity index (χ0n) is 12.2. The van der Waals surface area contributed by atoms with Gasteiger partial charge in [-0.1, -0.05) is 18.5 Å². The topological polar surface area (TPSA) is 56.1 Å². The van der Waals surface area contributed by atoms with Crippen molar-refractivity contribution in [2.24, 2.45) is 5.92 Å². The van der Waals surface area contributed by atoms with E-state index < -0.39 is 0 Å².